The lowest BCUT2D eigenvalue weighted by Crippen LogP contribution is -2.56. The van der Waals surface area contributed by atoms with E-state index >= 15 is 0 Å². The van der Waals surface area contributed by atoms with Crippen LogP contribution in [0.4, 0.5) is 14.8 Å². The first-order valence-corrected chi connectivity index (χ1v) is 15.5. The number of nitrogens with zero attached hydrogens (tertiary/aromatic N) is 1. The molecule has 0 spiro atoms. The molecule has 2 aromatic carbocycles. The Kier molecular flexibility index (Phi) is 11.2. The Morgan fingerprint density at radius 2 is 1.61 bits per heavy atom. The van der Waals surface area contributed by atoms with Gasteiger partial charge in [0.1, 0.15) is 30.1 Å². The number of carbonyl (C=O) groups is 2. The molecule has 3 rings (SSSR count). The van der Waals surface area contributed by atoms with E-state index in [9.17, 15) is 37.0 Å². The fourth-order valence-corrected chi connectivity index (χ4v) is 4.86. The van der Waals surface area contributed by atoms with Crippen LogP contribution in [0.1, 0.15) is 32.8 Å². The molecule has 11 nitrogen and oxygen atoms in total. The summed E-state index contributed by atoms with van der Waals surface area (Å²) in [5.41, 5.74) is 0.0187. The van der Waals surface area contributed by atoms with E-state index in [2.05, 4.69) is 15.6 Å². The van der Waals surface area contributed by atoms with E-state index in [1.165, 1.54) is 11.8 Å². The highest BCUT2D eigenvalue weighted by Crippen LogP contribution is 2.18. The number of oxazole rings is 1. The first kappa shape index (κ1) is 32.0. The van der Waals surface area contributed by atoms with Gasteiger partial charge < -0.3 is 25.3 Å². The predicted octanol–water partition coefficient (Wildman–Crippen LogP) is 1.94. The highest BCUT2D eigenvalue weighted by Gasteiger charge is 2.35. The van der Waals surface area contributed by atoms with Crippen LogP contribution in [0.25, 0.3) is 0 Å². The lowest BCUT2D eigenvalue weighted by atomic mass is 9.92. The van der Waals surface area contributed by atoms with Crippen LogP contribution in [0.2, 0.25) is 0 Å². The molecular weight excluding hydrogens is 582 g/mol. The van der Waals surface area contributed by atoms with Crippen molar-refractivity contribution in [2.24, 2.45) is 0 Å². The molecule has 15 heteroatoms. The van der Waals surface area contributed by atoms with Gasteiger partial charge in [-0.25, -0.2) is 21.9 Å². The van der Waals surface area contributed by atoms with Crippen molar-refractivity contribution in [1.82, 2.24) is 15.6 Å². The highest BCUT2D eigenvalue weighted by molar-refractivity contribution is 7.98. The SMILES string of the molecule is CSCC[C@@H](NC(=O)c1ccccc1)[C@@H](O)[C@H](O)[C@H](Cc1cc(F)cc(F)c1)NC(=O)c1coc(NS(C)(=O)=O)n1. The number of amides is 2. The Morgan fingerprint density at radius 1 is 1.00 bits per heavy atom. The van der Waals surface area contributed by atoms with Gasteiger partial charge in [-0.05, 0) is 54.7 Å². The molecule has 0 unspecified atom stereocenters. The number of hydrogen-bond acceptors (Lipinski definition) is 9. The lowest BCUT2D eigenvalue weighted by molar-refractivity contribution is -0.0224. The summed E-state index contributed by atoms with van der Waals surface area (Å²) in [6.45, 7) is 0. The van der Waals surface area contributed by atoms with Crippen molar-refractivity contribution in [3.63, 3.8) is 0 Å². The molecule has 0 aliphatic heterocycles. The Morgan fingerprint density at radius 3 is 2.22 bits per heavy atom. The molecule has 0 aliphatic rings. The van der Waals surface area contributed by atoms with Crippen molar-refractivity contribution < 1.29 is 41.4 Å². The number of aliphatic hydroxyl groups excluding tert-OH is 2. The highest BCUT2D eigenvalue weighted by atomic mass is 32.2. The van der Waals surface area contributed by atoms with E-state index in [0.717, 1.165) is 24.7 Å². The molecule has 0 aliphatic carbocycles. The van der Waals surface area contributed by atoms with Crippen LogP contribution in [0.15, 0.2) is 59.2 Å². The summed E-state index contributed by atoms with van der Waals surface area (Å²) in [5.74, 6) is -2.70. The summed E-state index contributed by atoms with van der Waals surface area (Å²) in [4.78, 5) is 29.5. The van der Waals surface area contributed by atoms with E-state index in [1.807, 2.05) is 11.0 Å². The summed E-state index contributed by atoms with van der Waals surface area (Å²) in [5, 5.41) is 27.6. The third-order valence-electron chi connectivity index (χ3n) is 5.86. The third-order valence-corrected chi connectivity index (χ3v) is 7.05. The Bertz CT molecular complexity index is 1420. The second-order valence-corrected chi connectivity index (χ2v) is 11.9. The molecule has 0 saturated heterocycles. The number of anilines is 1. The van der Waals surface area contributed by atoms with E-state index < -0.39 is 63.8 Å². The standard InChI is InChI=1S/C26H30F2N4O7S2/c1-40-9-8-19(29-24(35)16-6-4-3-5-7-16)22(33)23(34)20(12-15-10-17(27)13-18(28)11-15)30-25(36)21-14-39-26(31-21)32-41(2,37)38/h3-7,10-11,13-14,19-20,22-23,33-34H,8-9,12H2,1-2H3,(H,29,35)(H,30,36)(H,31,32)/t19-,20+,22-,23-/m1/s1. The smallest absolute Gasteiger partial charge is 0.309 e. The minimum Gasteiger partial charge on any atom is -0.431 e. The molecule has 3 aromatic rings. The second-order valence-electron chi connectivity index (χ2n) is 9.18. The van der Waals surface area contributed by atoms with Crippen molar-refractivity contribution in [2.45, 2.75) is 37.1 Å². The van der Waals surface area contributed by atoms with Gasteiger partial charge in [-0.15, -0.1) is 0 Å². The van der Waals surface area contributed by atoms with Crippen molar-refractivity contribution in [3.8, 4) is 0 Å². The average molecular weight is 613 g/mol. The van der Waals surface area contributed by atoms with Crippen LogP contribution in [-0.2, 0) is 16.4 Å². The van der Waals surface area contributed by atoms with Gasteiger partial charge in [-0.3, -0.25) is 9.59 Å². The largest absolute Gasteiger partial charge is 0.431 e. The molecular formula is C26H30F2N4O7S2. The van der Waals surface area contributed by atoms with Gasteiger partial charge in [0.2, 0.25) is 10.0 Å². The molecule has 2 amide bonds. The number of rotatable bonds is 14. The third kappa shape index (κ3) is 9.81. The molecule has 1 aromatic heterocycles. The number of aliphatic hydroxyl groups is 2. The number of sulfonamides is 1. The minimum absolute atomic E-state index is 0.0626. The van der Waals surface area contributed by atoms with Crippen LogP contribution in [-0.4, -0.2) is 78.0 Å². The fourth-order valence-electron chi connectivity index (χ4n) is 3.96. The quantitative estimate of drug-likeness (QED) is 0.183. The van der Waals surface area contributed by atoms with Crippen molar-refractivity contribution in [1.29, 1.82) is 0 Å². The Balaban J connectivity index is 1.87. The first-order valence-electron chi connectivity index (χ1n) is 12.3. The van der Waals surface area contributed by atoms with Crippen molar-refractivity contribution in [3.05, 3.63) is 83.2 Å². The number of halogens is 2. The maximum absolute atomic E-state index is 13.9. The zero-order chi connectivity index (χ0) is 30.2. The van der Waals surface area contributed by atoms with Crippen molar-refractivity contribution in [2.75, 3.05) is 23.0 Å². The zero-order valence-corrected chi connectivity index (χ0v) is 23.7. The van der Waals surface area contributed by atoms with Crippen LogP contribution in [0.5, 0.6) is 0 Å². The zero-order valence-electron chi connectivity index (χ0n) is 22.1. The van der Waals surface area contributed by atoms with E-state index in [0.29, 0.717) is 17.4 Å². The monoisotopic (exact) mass is 612 g/mol. The van der Waals surface area contributed by atoms with Gasteiger partial charge in [0.15, 0.2) is 5.69 Å². The molecule has 0 saturated carbocycles. The molecule has 41 heavy (non-hydrogen) atoms. The van der Waals surface area contributed by atoms with Gasteiger partial charge in [-0.2, -0.15) is 16.7 Å². The molecule has 0 fully saturated rings. The minimum atomic E-state index is -3.75. The van der Waals surface area contributed by atoms with Crippen LogP contribution >= 0.6 is 11.8 Å². The molecule has 4 atom stereocenters. The summed E-state index contributed by atoms with van der Waals surface area (Å²) in [6.07, 6.45) is 0.0977. The maximum Gasteiger partial charge on any atom is 0.309 e. The number of benzene rings is 2. The first-order chi connectivity index (χ1) is 19.4. The van der Waals surface area contributed by atoms with Gasteiger partial charge in [0.05, 0.1) is 18.3 Å². The number of nitrogens with one attached hydrogen (secondary N) is 3. The number of aromatic nitrogens is 1. The Labute approximate surface area is 239 Å². The van der Waals surface area contributed by atoms with Gasteiger partial charge in [0.25, 0.3) is 11.8 Å². The fraction of sp³-hybridized carbons (Fsp3) is 0.346. The van der Waals surface area contributed by atoms with E-state index in [1.54, 1.807) is 30.3 Å². The second kappa shape index (κ2) is 14.4. The topological polar surface area (TPSA) is 171 Å². The number of hydrogen-bond donors (Lipinski definition) is 5. The van der Waals surface area contributed by atoms with E-state index in [4.69, 9.17) is 4.42 Å². The summed E-state index contributed by atoms with van der Waals surface area (Å²) in [6, 6.07) is 8.11. The normalized spacial score (nSPS) is 14.5. The van der Waals surface area contributed by atoms with Gasteiger partial charge in [0, 0.05) is 11.6 Å². The Hall–Kier alpha value is -3.53. The molecule has 5 N–H and O–H groups in total. The van der Waals surface area contributed by atoms with Gasteiger partial charge in [-0.1, -0.05) is 18.2 Å². The van der Waals surface area contributed by atoms with Crippen LogP contribution in [0, 0.1) is 11.6 Å². The molecule has 222 valence electrons. The summed E-state index contributed by atoms with van der Waals surface area (Å²) >= 11 is 1.45. The molecule has 0 radical (unpaired) electrons. The molecule has 1 heterocycles. The predicted molar refractivity (Wildman–Crippen MR) is 149 cm³/mol. The molecule has 0 bridgehead atoms. The summed E-state index contributed by atoms with van der Waals surface area (Å²) < 4.78 is 57.6. The van der Waals surface area contributed by atoms with Crippen LogP contribution < -0.4 is 15.4 Å². The average Bonchev–Trinajstić information content (AvgIpc) is 3.36. The van der Waals surface area contributed by atoms with E-state index in [-0.39, 0.29) is 24.1 Å². The van der Waals surface area contributed by atoms with Crippen LogP contribution in [0.3, 0.4) is 0 Å². The number of carbonyl (C=O) groups excluding carboxylic acids is 2. The summed E-state index contributed by atoms with van der Waals surface area (Å²) in [7, 11) is -3.75. The van der Waals surface area contributed by atoms with Gasteiger partial charge >= 0.3 is 6.01 Å². The van der Waals surface area contributed by atoms with Crippen molar-refractivity contribution >= 4 is 39.6 Å². The lowest BCUT2D eigenvalue weighted by Gasteiger charge is -2.33. The number of thioether (sulfide) groups is 1. The maximum atomic E-state index is 13.9.